The van der Waals surface area contributed by atoms with E-state index in [1.165, 1.54) is 31.0 Å². The summed E-state index contributed by atoms with van der Waals surface area (Å²) >= 11 is 0. The van der Waals surface area contributed by atoms with Gasteiger partial charge in [-0.25, -0.2) is 13.8 Å². The standard InChI is InChI=1S/C31H34F2N6O/c1-21-15-35-27-7-5-23(24-13-22(16-34-17-24)19-38-10-3-2-4-11-38)14-26(27)29(21)30(40)37-25-6-8-28(36-18-25)39-12-9-31(32,33)20-39/h5-8,13-14,16-18,35H,2-4,9-12,15,19-20H2,1H3,(H,37,40). The summed E-state index contributed by atoms with van der Waals surface area (Å²) in [5.41, 5.74) is 7.03. The number of fused-ring (bicyclic) bond motifs is 1. The van der Waals surface area contributed by atoms with Crippen molar-refractivity contribution >= 4 is 28.7 Å². The lowest BCUT2D eigenvalue weighted by Crippen LogP contribution is -2.29. The number of piperidine rings is 1. The predicted molar refractivity (Wildman–Crippen MR) is 155 cm³/mol. The van der Waals surface area contributed by atoms with Crippen molar-refractivity contribution in [2.75, 3.05) is 48.3 Å². The minimum absolute atomic E-state index is 0.172. The van der Waals surface area contributed by atoms with Crippen LogP contribution < -0.4 is 15.5 Å². The molecule has 1 amide bonds. The molecule has 6 rings (SSSR count). The monoisotopic (exact) mass is 544 g/mol. The number of anilines is 3. The van der Waals surface area contributed by atoms with Crippen molar-refractivity contribution in [3.05, 3.63) is 71.7 Å². The van der Waals surface area contributed by atoms with Gasteiger partial charge in [0.2, 0.25) is 0 Å². The van der Waals surface area contributed by atoms with Crippen LogP contribution in [0.4, 0.5) is 26.0 Å². The first-order chi connectivity index (χ1) is 19.3. The summed E-state index contributed by atoms with van der Waals surface area (Å²) < 4.78 is 27.2. The Hall–Kier alpha value is -3.85. The van der Waals surface area contributed by atoms with Crippen LogP contribution in [-0.2, 0) is 11.3 Å². The Bertz CT molecular complexity index is 1430. The molecule has 3 aliphatic heterocycles. The third-order valence-corrected chi connectivity index (χ3v) is 7.97. The molecular formula is C31H34F2N6O. The maximum Gasteiger partial charge on any atom is 0.266 e. The Kier molecular flexibility index (Phi) is 7.23. The smallest absolute Gasteiger partial charge is 0.266 e. The van der Waals surface area contributed by atoms with Crippen molar-refractivity contribution in [2.45, 2.75) is 45.1 Å². The lowest BCUT2D eigenvalue weighted by molar-refractivity contribution is -0.111. The van der Waals surface area contributed by atoms with Gasteiger partial charge in [0.15, 0.2) is 0 Å². The Morgan fingerprint density at radius 2 is 1.88 bits per heavy atom. The van der Waals surface area contributed by atoms with Gasteiger partial charge in [-0.1, -0.05) is 12.5 Å². The lowest BCUT2D eigenvalue weighted by atomic mass is 9.91. The number of nitrogens with zero attached hydrogens (tertiary/aromatic N) is 4. The van der Waals surface area contributed by atoms with Crippen LogP contribution in [0.25, 0.3) is 16.7 Å². The topological polar surface area (TPSA) is 73.4 Å². The number of rotatable bonds is 6. The fourth-order valence-corrected chi connectivity index (χ4v) is 5.83. The number of amides is 1. The zero-order chi connectivity index (χ0) is 27.7. The van der Waals surface area contributed by atoms with Crippen LogP contribution in [0.15, 0.2) is 60.6 Å². The summed E-state index contributed by atoms with van der Waals surface area (Å²) in [5, 5.41) is 6.37. The molecule has 0 radical (unpaired) electrons. The van der Waals surface area contributed by atoms with E-state index >= 15 is 0 Å². The number of carbonyl (C=O) groups is 1. The molecule has 0 unspecified atom stereocenters. The molecule has 208 valence electrons. The van der Waals surface area contributed by atoms with E-state index in [-0.39, 0.29) is 25.4 Å². The Balaban J connectivity index is 1.20. The van der Waals surface area contributed by atoms with Gasteiger partial charge in [0.25, 0.3) is 11.8 Å². The van der Waals surface area contributed by atoms with Crippen LogP contribution in [0.1, 0.15) is 43.7 Å². The molecule has 0 spiro atoms. The molecule has 5 heterocycles. The highest BCUT2D eigenvalue weighted by Crippen LogP contribution is 2.36. The van der Waals surface area contributed by atoms with Gasteiger partial charge in [-0.15, -0.1) is 0 Å². The first kappa shape index (κ1) is 26.4. The number of likely N-dealkylation sites (tertiary alicyclic amines) is 1. The largest absolute Gasteiger partial charge is 0.381 e. The van der Waals surface area contributed by atoms with E-state index in [0.29, 0.717) is 23.6 Å². The van der Waals surface area contributed by atoms with Crippen molar-refractivity contribution < 1.29 is 13.6 Å². The minimum Gasteiger partial charge on any atom is -0.381 e. The first-order valence-corrected chi connectivity index (χ1v) is 14.0. The lowest BCUT2D eigenvalue weighted by Gasteiger charge is -2.26. The van der Waals surface area contributed by atoms with E-state index in [1.54, 1.807) is 17.0 Å². The average Bonchev–Trinajstić information content (AvgIpc) is 3.33. The van der Waals surface area contributed by atoms with E-state index < -0.39 is 5.92 Å². The van der Waals surface area contributed by atoms with Gasteiger partial charge in [-0.05, 0) is 79.9 Å². The van der Waals surface area contributed by atoms with Gasteiger partial charge in [0.1, 0.15) is 5.82 Å². The number of hydrogen-bond acceptors (Lipinski definition) is 6. The summed E-state index contributed by atoms with van der Waals surface area (Å²) in [7, 11) is 0. The van der Waals surface area contributed by atoms with Crippen molar-refractivity contribution in [2.24, 2.45) is 0 Å². The molecule has 1 aromatic carbocycles. The third-order valence-electron chi connectivity index (χ3n) is 7.97. The number of halogens is 2. The molecule has 2 N–H and O–H groups in total. The van der Waals surface area contributed by atoms with E-state index in [0.717, 1.165) is 47.6 Å². The number of pyridine rings is 2. The van der Waals surface area contributed by atoms with Crippen LogP contribution in [0.2, 0.25) is 0 Å². The highest BCUT2D eigenvalue weighted by Gasteiger charge is 2.38. The minimum atomic E-state index is -2.69. The SMILES string of the molecule is CC1=C(C(=O)Nc2ccc(N3CCC(F)(F)C3)nc2)c2cc(-c3cncc(CN4CCCCC4)c3)ccc2NC1. The quantitative estimate of drug-likeness (QED) is 0.408. The summed E-state index contributed by atoms with van der Waals surface area (Å²) in [5.74, 6) is -2.43. The maximum atomic E-state index is 13.6. The van der Waals surface area contributed by atoms with Gasteiger partial charge in [0, 0.05) is 60.8 Å². The van der Waals surface area contributed by atoms with Gasteiger partial charge in [-0.3, -0.25) is 14.7 Å². The summed E-state index contributed by atoms with van der Waals surface area (Å²) in [4.78, 5) is 26.4. The van der Waals surface area contributed by atoms with Crippen molar-refractivity contribution in [1.82, 2.24) is 14.9 Å². The number of benzene rings is 1. The summed E-state index contributed by atoms with van der Waals surface area (Å²) in [6.45, 7) is 5.61. The van der Waals surface area contributed by atoms with Crippen molar-refractivity contribution in [3.8, 4) is 11.1 Å². The van der Waals surface area contributed by atoms with Gasteiger partial charge in [-0.2, -0.15) is 0 Å². The molecule has 2 aromatic heterocycles. The second-order valence-electron chi connectivity index (χ2n) is 11.1. The predicted octanol–water partition coefficient (Wildman–Crippen LogP) is 5.81. The molecule has 3 aliphatic rings. The molecule has 0 aliphatic carbocycles. The summed E-state index contributed by atoms with van der Waals surface area (Å²) in [6, 6.07) is 11.7. The Labute approximate surface area is 233 Å². The van der Waals surface area contributed by atoms with Crippen LogP contribution >= 0.6 is 0 Å². The van der Waals surface area contributed by atoms with Gasteiger partial charge in [0.05, 0.1) is 18.4 Å². The molecule has 0 bridgehead atoms. The van der Waals surface area contributed by atoms with E-state index in [9.17, 15) is 13.6 Å². The van der Waals surface area contributed by atoms with E-state index in [4.69, 9.17) is 0 Å². The highest BCUT2D eigenvalue weighted by molar-refractivity contribution is 6.27. The molecule has 0 atom stereocenters. The molecule has 40 heavy (non-hydrogen) atoms. The number of carbonyl (C=O) groups excluding carboxylic acids is 1. The zero-order valence-corrected chi connectivity index (χ0v) is 22.7. The highest BCUT2D eigenvalue weighted by atomic mass is 19.3. The first-order valence-electron chi connectivity index (χ1n) is 14.0. The maximum absolute atomic E-state index is 13.6. The van der Waals surface area contributed by atoms with Crippen molar-refractivity contribution in [1.29, 1.82) is 0 Å². The Morgan fingerprint density at radius 3 is 2.62 bits per heavy atom. The fourth-order valence-electron chi connectivity index (χ4n) is 5.83. The van der Waals surface area contributed by atoms with Crippen molar-refractivity contribution in [3.63, 3.8) is 0 Å². The summed E-state index contributed by atoms with van der Waals surface area (Å²) in [6.07, 6.45) is 8.97. The number of hydrogen-bond donors (Lipinski definition) is 2. The normalized spacial score (nSPS) is 18.8. The molecule has 2 saturated heterocycles. The van der Waals surface area contributed by atoms with Crippen LogP contribution in [0, 0.1) is 0 Å². The van der Waals surface area contributed by atoms with E-state index in [1.807, 2.05) is 25.4 Å². The molecular weight excluding hydrogens is 510 g/mol. The molecule has 0 saturated carbocycles. The van der Waals surface area contributed by atoms with Crippen LogP contribution in [0.3, 0.4) is 0 Å². The number of nitrogens with one attached hydrogen (secondary N) is 2. The van der Waals surface area contributed by atoms with Crippen LogP contribution in [-0.4, -0.2) is 59.4 Å². The third kappa shape index (κ3) is 5.70. The molecule has 2 fully saturated rings. The Morgan fingerprint density at radius 1 is 1.02 bits per heavy atom. The number of alkyl halides is 2. The second kappa shape index (κ2) is 11.0. The van der Waals surface area contributed by atoms with Gasteiger partial charge < -0.3 is 15.5 Å². The van der Waals surface area contributed by atoms with E-state index in [2.05, 4.69) is 43.7 Å². The average molecular weight is 545 g/mol. The van der Waals surface area contributed by atoms with Crippen LogP contribution in [0.5, 0.6) is 0 Å². The fraction of sp³-hybridized carbons (Fsp3) is 0.387. The second-order valence-corrected chi connectivity index (χ2v) is 11.1. The molecule has 9 heteroatoms. The van der Waals surface area contributed by atoms with Gasteiger partial charge >= 0.3 is 0 Å². The molecule has 3 aromatic rings. The zero-order valence-electron chi connectivity index (χ0n) is 22.7. The number of aromatic nitrogens is 2. The molecule has 7 nitrogen and oxygen atoms in total.